The Balaban J connectivity index is 2.34. The second-order valence-corrected chi connectivity index (χ2v) is 4.68. The lowest BCUT2D eigenvalue weighted by Crippen LogP contribution is -2.19. The Bertz CT molecular complexity index is 495. The third-order valence-corrected chi connectivity index (χ3v) is 3.26. The minimum atomic E-state index is -0.250. The predicted octanol–water partition coefficient (Wildman–Crippen LogP) is 2.50. The maximum atomic E-state index is 6.24. The standard InChI is InChI=1S/C12H15BrN4/c1-2-8-17-10(5-7-16-17)11(14)12-9(13)4-3-6-15-12/h3-7,11H,2,8,14H2,1H3. The van der Waals surface area contributed by atoms with Gasteiger partial charge in [-0.15, -0.1) is 0 Å². The molecule has 0 aromatic carbocycles. The van der Waals surface area contributed by atoms with Crippen LogP contribution >= 0.6 is 15.9 Å². The van der Waals surface area contributed by atoms with E-state index in [1.807, 2.05) is 22.9 Å². The number of nitrogens with two attached hydrogens (primary N) is 1. The van der Waals surface area contributed by atoms with Crippen molar-refractivity contribution in [1.82, 2.24) is 14.8 Å². The van der Waals surface area contributed by atoms with Gasteiger partial charge < -0.3 is 5.73 Å². The highest BCUT2D eigenvalue weighted by Gasteiger charge is 2.17. The molecule has 90 valence electrons. The number of aromatic nitrogens is 3. The first kappa shape index (κ1) is 12.3. The molecule has 2 N–H and O–H groups in total. The molecule has 2 aromatic heterocycles. The molecule has 0 saturated heterocycles. The Kier molecular flexibility index (Phi) is 3.91. The molecule has 4 nitrogen and oxygen atoms in total. The molecule has 0 aliphatic carbocycles. The zero-order valence-electron chi connectivity index (χ0n) is 9.68. The highest BCUT2D eigenvalue weighted by molar-refractivity contribution is 9.10. The van der Waals surface area contributed by atoms with Crippen LogP contribution in [0.2, 0.25) is 0 Å². The smallest absolute Gasteiger partial charge is 0.0908 e. The normalized spacial score (nSPS) is 12.6. The summed E-state index contributed by atoms with van der Waals surface area (Å²) in [6.07, 6.45) is 4.56. The van der Waals surface area contributed by atoms with Gasteiger partial charge in [-0.1, -0.05) is 6.92 Å². The van der Waals surface area contributed by atoms with Gasteiger partial charge in [0.25, 0.3) is 0 Å². The molecule has 0 aliphatic rings. The Morgan fingerprint density at radius 3 is 2.94 bits per heavy atom. The van der Waals surface area contributed by atoms with Crippen LogP contribution in [0.15, 0.2) is 35.1 Å². The molecular weight excluding hydrogens is 280 g/mol. The van der Waals surface area contributed by atoms with E-state index in [0.29, 0.717) is 0 Å². The molecule has 17 heavy (non-hydrogen) atoms. The summed E-state index contributed by atoms with van der Waals surface area (Å²) in [5.41, 5.74) is 8.07. The first-order chi connectivity index (χ1) is 8.24. The number of hydrogen-bond donors (Lipinski definition) is 1. The number of aryl methyl sites for hydroxylation is 1. The number of pyridine rings is 1. The number of rotatable bonds is 4. The molecule has 1 atom stereocenters. The van der Waals surface area contributed by atoms with Crippen LogP contribution in [0.1, 0.15) is 30.8 Å². The molecule has 1 unspecified atom stereocenters. The highest BCUT2D eigenvalue weighted by atomic mass is 79.9. The average molecular weight is 295 g/mol. The summed E-state index contributed by atoms with van der Waals surface area (Å²) in [6.45, 7) is 2.99. The second kappa shape index (κ2) is 5.42. The van der Waals surface area contributed by atoms with E-state index >= 15 is 0 Å². The zero-order chi connectivity index (χ0) is 12.3. The monoisotopic (exact) mass is 294 g/mol. The Labute approximate surface area is 109 Å². The summed E-state index contributed by atoms with van der Waals surface area (Å²) in [6, 6.07) is 5.52. The third-order valence-electron chi connectivity index (χ3n) is 2.58. The van der Waals surface area contributed by atoms with Crippen molar-refractivity contribution in [3.63, 3.8) is 0 Å². The van der Waals surface area contributed by atoms with Crippen molar-refractivity contribution < 1.29 is 0 Å². The van der Waals surface area contributed by atoms with E-state index in [4.69, 9.17) is 5.73 Å². The van der Waals surface area contributed by atoms with Crippen LogP contribution in [0, 0.1) is 0 Å². The lowest BCUT2D eigenvalue weighted by molar-refractivity contribution is 0.556. The van der Waals surface area contributed by atoms with Gasteiger partial charge in [-0.25, -0.2) is 0 Å². The number of halogens is 1. The predicted molar refractivity (Wildman–Crippen MR) is 70.5 cm³/mol. The van der Waals surface area contributed by atoms with Crippen molar-refractivity contribution in [2.75, 3.05) is 0 Å². The summed E-state index contributed by atoms with van der Waals surface area (Å²) < 4.78 is 2.86. The molecule has 2 rings (SSSR count). The molecular formula is C12H15BrN4. The van der Waals surface area contributed by atoms with Crippen molar-refractivity contribution in [3.8, 4) is 0 Å². The maximum absolute atomic E-state index is 6.24. The van der Waals surface area contributed by atoms with E-state index < -0.39 is 0 Å². The van der Waals surface area contributed by atoms with Crippen molar-refractivity contribution in [2.24, 2.45) is 5.73 Å². The van der Waals surface area contributed by atoms with Gasteiger partial charge in [-0.05, 0) is 40.5 Å². The summed E-state index contributed by atoms with van der Waals surface area (Å²) in [4.78, 5) is 4.32. The fraction of sp³-hybridized carbons (Fsp3) is 0.333. The lowest BCUT2D eigenvalue weighted by Gasteiger charge is -2.14. The van der Waals surface area contributed by atoms with Crippen LogP contribution in [0.4, 0.5) is 0 Å². The summed E-state index contributed by atoms with van der Waals surface area (Å²) in [5, 5.41) is 4.28. The molecule has 0 aliphatic heterocycles. The van der Waals surface area contributed by atoms with Crippen molar-refractivity contribution in [3.05, 3.63) is 46.5 Å². The highest BCUT2D eigenvalue weighted by Crippen LogP contribution is 2.24. The maximum Gasteiger partial charge on any atom is 0.0908 e. The molecule has 2 heterocycles. The summed E-state index contributed by atoms with van der Waals surface area (Å²) in [7, 11) is 0. The first-order valence-electron chi connectivity index (χ1n) is 5.61. The van der Waals surface area contributed by atoms with Crippen LogP contribution in [-0.4, -0.2) is 14.8 Å². The van der Waals surface area contributed by atoms with Gasteiger partial charge in [0.2, 0.25) is 0 Å². The van der Waals surface area contributed by atoms with Gasteiger partial charge >= 0.3 is 0 Å². The Morgan fingerprint density at radius 2 is 2.24 bits per heavy atom. The van der Waals surface area contributed by atoms with Gasteiger partial charge in [0.1, 0.15) is 0 Å². The van der Waals surface area contributed by atoms with E-state index in [1.165, 1.54) is 0 Å². The lowest BCUT2D eigenvalue weighted by atomic mass is 10.1. The van der Waals surface area contributed by atoms with E-state index in [9.17, 15) is 0 Å². The Morgan fingerprint density at radius 1 is 1.41 bits per heavy atom. The van der Waals surface area contributed by atoms with E-state index in [2.05, 4.69) is 32.9 Å². The molecule has 0 saturated carbocycles. The van der Waals surface area contributed by atoms with Crippen LogP contribution in [0.5, 0.6) is 0 Å². The summed E-state index contributed by atoms with van der Waals surface area (Å²) >= 11 is 3.47. The third kappa shape index (κ3) is 2.56. The molecule has 0 bridgehead atoms. The van der Waals surface area contributed by atoms with Crippen LogP contribution in [0.3, 0.4) is 0 Å². The van der Waals surface area contributed by atoms with E-state index in [1.54, 1.807) is 12.4 Å². The quantitative estimate of drug-likeness (QED) is 0.943. The van der Waals surface area contributed by atoms with Crippen LogP contribution < -0.4 is 5.73 Å². The van der Waals surface area contributed by atoms with Gasteiger partial charge in [-0.3, -0.25) is 9.67 Å². The minimum Gasteiger partial charge on any atom is -0.318 e. The summed E-state index contributed by atoms with van der Waals surface area (Å²) in [5.74, 6) is 0. The average Bonchev–Trinajstić information content (AvgIpc) is 2.78. The van der Waals surface area contributed by atoms with Crippen molar-refractivity contribution in [1.29, 1.82) is 0 Å². The molecule has 2 aromatic rings. The van der Waals surface area contributed by atoms with Gasteiger partial charge in [0.05, 0.1) is 17.4 Å². The van der Waals surface area contributed by atoms with Crippen molar-refractivity contribution >= 4 is 15.9 Å². The molecule has 5 heteroatoms. The Hall–Kier alpha value is -1.20. The first-order valence-corrected chi connectivity index (χ1v) is 6.41. The minimum absolute atomic E-state index is 0.250. The second-order valence-electron chi connectivity index (χ2n) is 3.83. The SMILES string of the molecule is CCCn1nccc1C(N)c1ncccc1Br. The molecule has 0 radical (unpaired) electrons. The molecule has 0 fully saturated rings. The van der Waals surface area contributed by atoms with Gasteiger partial charge in [0.15, 0.2) is 0 Å². The van der Waals surface area contributed by atoms with Crippen LogP contribution in [0.25, 0.3) is 0 Å². The fourth-order valence-corrected chi connectivity index (χ4v) is 2.27. The van der Waals surface area contributed by atoms with Gasteiger partial charge in [0, 0.05) is 23.4 Å². The number of nitrogens with zero attached hydrogens (tertiary/aromatic N) is 3. The topological polar surface area (TPSA) is 56.7 Å². The van der Waals surface area contributed by atoms with E-state index in [-0.39, 0.29) is 6.04 Å². The van der Waals surface area contributed by atoms with Crippen molar-refractivity contribution in [2.45, 2.75) is 25.9 Å². The molecule has 0 spiro atoms. The zero-order valence-corrected chi connectivity index (χ0v) is 11.3. The van der Waals surface area contributed by atoms with E-state index in [0.717, 1.165) is 28.8 Å². The fourth-order valence-electron chi connectivity index (χ4n) is 1.77. The van der Waals surface area contributed by atoms with Crippen LogP contribution in [-0.2, 0) is 6.54 Å². The molecule has 0 amide bonds. The number of hydrogen-bond acceptors (Lipinski definition) is 3. The largest absolute Gasteiger partial charge is 0.318 e. The van der Waals surface area contributed by atoms with Gasteiger partial charge in [-0.2, -0.15) is 5.10 Å².